The molecule has 0 aliphatic rings. The van der Waals surface area contributed by atoms with Crippen molar-refractivity contribution in [2.75, 3.05) is 0 Å². The van der Waals surface area contributed by atoms with Crippen LogP contribution in [0.2, 0.25) is 0 Å². The van der Waals surface area contributed by atoms with E-state index in [1.54, 1.807) is 0 Å². The van der Waals surface area contributed by atoms with Gasteiger partial charge < -0.3 is 0 Å². The molecular formula is C28H21N2. The Hall–Kier alpha value is -3.91. The third kappa shape index (κ3) is 3.03. The highest BCUT2D eigenvalue weighted by molar-refractivity contribution is 5.58. The van der Waals surface area contributed by atoms with Crippen molar-refractivity contribution in [2.24, 2.45) is 0 Å². The van der Waals surface area contributed by atoms with Crippen LogP contribution in [0.1, 0.15) is 16.7 Å². The van der Waals surface area contributed by atoms with Crippen LogP contribution in [0.4, 0.5) is 0 Å². The molecule has 0 aliphatic heterocycles. The first-order chi connectivity index (χ1) is 14.9. The van der Waals surface area contributed by atoms with Gasteiger partial charge in [0.2, 0.25) is 0 Å². The van der Waals surface area contributed by atoms with Crippen molar-refractivity contribution >= 4 is 0 Å². The smallest absolute Gasteiger partial charge is 0.138 e. The molecule has 0 bridgehead atoms. The van der Waals surface area contributed by atoms with Crippen LogP contribution in [-0.2, 0) is 5.54 Å². The average Bonchev–Trinajstić information content (AvgIpc) is 3.33. The molecule has 0 unspecified atom stereocenters. The molecule has 0 amide bonds. The van der Waals surface area contributed by atoms with Crippen LogP contribution < -0.4 is 0 Å². The summed E-state index contributed by atoms with van der Waals surface area (Å²) < 4.78 is 2.05. The first-order valence-corrected chi connectivity index (χ1v) is 10.1. The molecule has 0 atom stereocenters. The summed E-state index contributed by atoms with van der Waals surface area (Å²) in [4.78, 5) is 0. The van der Waals surface area contributed by atoms with Gasteiger partial charge in [0.1, 0.15) is 11.2 Å². The van der Waals surface area contributed by atoms with Gasteiger partial charge in [-0.05, 0) is 16.7 Å². The van der Waals surface area contributed by atoms with Gasteiger partial charge in [0.15, 0.2) is 0 Å². The molecule has 2 heteroatoms. The molecule has 0 fully saturated rings. The first-order valence-electron chi connectivity index (χ1n) is 10.1. The third-order valence-corrected chi connectivity index (χ3v) is 5.50. The van der Waals surface area contributed by atoms with Crippen LogP contribution in [0, 0.1) is 6.07 Å². The number of nitrogens with zero attached hydrogens (tertiary/aromatic N) is 2. The largest absolute Gasteiger partial charge is 0.252 e. The van der Waals surface area contributed by atoms with Gasteiger partial charge in [0, 0.05) is 17.8 Å². The van der Waals surface area contributed by atoms with Crippen molar-refractivity contribution < 1.29 is 0 Å². The molecule has 1 heterocycles. The van der Waals surface area contributed by atoms with Gasteiger partial charge in [0.05, 0.1) is 0 Å². The Bertz CT molecular complexity index is 1110. The van der Waals surface area contributed by atoms with E-state index in [4.69, 9.17) is 5.10 Å². The van der Waals surface area contributed by atoms with Gasteiger partial charge in [-0.15, -0.1) is 0 Å². The van der Waals surface area contributed by atoms with E-state index in [1.807, 2.05) is 24.4 Å². The summed E-state index contributed by atoms with van der Waals surface area (Å²) >= 11 is 0. The molecule has 5 aromatic rings. The Morgan fingerprint density at radius 3 is 1.37 bits per heavy atom. The van der Waals surface area contributed by atoms with Crippen molar-refractivity contribution in [2.45, 2.75) is 5.54 Å². The van der Waals surface area contributed by atoms with Gasteiger partial charge >= 0.3 is 0 Å². The fourth-order valence-corrected chi connectivity index (χ4v) is 4.13. The minimum atomic E-state index is -0.604. The predicted octanol–water partition coefficient (Wildman–Crippen LogP) is 6.19. The van der Waals surface area contributed by atoms with Crippen molar-refractivity contribution in [1.82, 2.24) is 9.78 Å². The molecular weight excluding hydrogens is 364 g/mol. The quantitative estimate of drug-likeness (QED) is 0.330. The summed E-state index contributed by atoms with van der Waals surface area (Å²) in [6.07, 6.45) is 1.97. The van der Waals surface area contributed by atoms with Crippen LogP contribution >= 0.6 is 0 Å². The summed E-state index contributed by atoms with van der Waals surface area (Å²) in [7, 11) is 0. The monoisotopic (exact) mass is 385 g/mol. The lowest BCUT2D eigenvalue weighted by Crippen LogP contribution is -2.38. The standard InChI is InChI=1S/C28H21N2/c1-5-13-23(14-6-1)27-21-22-30(29-27)28(24-15-7-2-8-16-24,25-17-9-3-10-18-25)26-19-11-4-12-20-26/h1-20,22H. The Labute approximate surface area is 177 Å². The van der Waals surface area contributed by atoms with Gasteiger partial charge in [-0.25, -0.2) is 0 Å². The zero-order valence-corrected chi connectivity index (χ0v) is 16.5. The van der Waals surface area contributed by atoms with Gasteiger partial charge in [-0.2, -0.15) is 5.10 Å². The number of rotatable bonds is 5. The minimum absolute atomic E-state index is 0.604. The van der Waals surface area contributed by atoms with Crippen LogP contribution in [-0.4, -0.2) is 9.78 Å². The molecule has 2 nitrogen and oxygen atoms in total. The molecule has 1 aromatic heterocycles. The third-order valence-electron chi connectivity index (χ3n) is 5.50. The van der Waals surface area contributed by atoms with Crippen LogP contribution in [0.3, 0.4) is 0 Å². The number of hydrogen-bond donors (Lipinski definition) is 0. The van der Waals surface area contributed by atoms with Crippen LogP contribution in [0.15, 0.2) is 128 Å². The van der Waals surface area contributed by atoms with E-state index >= 15 is 0 Å². The maximum absolute atomic E-state index is 5.04. The molecule has 143 valence electrons. The maximum Gasteiger partial charge on any atom is 0.138 e. The molecule has 30 heavy (non-hydrogen) atoms. The van der Waals surface area contributed by atoms with Gasteiger partial charge in [-0.3, -0.25) is 4.68 Å². The second kappa shape index (κ2) is 7.84. The highest BCUT2D eigenvalue weighted by Crippen LogP contribution is 2.40. The second-order valence-electron chi connectivity index (χ2n) is 7.24. The lowest BCUT2D eigenvalue weighted by molar-refractivity contribution is 0.461. The maximum atomic E-state index is 5.04. The fourth-order valence-electron chi connectivity index (χ4n) is 4.13. The topological polar surface area (TPSA) is 17.8 Å². The summed E-state index contributed by atoms with van der Waals surface area (Å²) in [5.41, 5.74) is 4.74. The van der Waals surface area contributed by atoms with Crippen LogP contribution in [0.5, 0.6) is 0 Å². The second-order valence-corrected chi connectivity index (χ2v) is 7.24. The number of hydrogen-bond acceptors (Lipinski definition) is 1. The van der Waals surface area contributed by atoms with Gasteiger partial charge in [-0.1, -0.05) is 121 Å². The molecule has 1 radical (unpaired) electrons. The zero-order chi connectivity index (χ0) is 20.2. The summed E-state index contributed by atoms with van der Waals surface area (Å²) in [6.45, 7) is 0. The molecule has 0 N–H and O–H groups in total. The lowest BCUT2D eigenvalue weighted by atomic mass is 9.77. The highest BCUT2D eigenvalue weighted by Gasteiger charge is 2.39. The van der Waals surface area contributed by atoms with E-state index in [0.29, 0.717) is 0 Å². The fraction of sp³-hybridized carbons (Fsp3) is 0.0357. The molecule has 0 saturated carbocycles. The molecule has 5 rings (SSSR count). The SMILES string of the molecule is [c]1cn(C(c2ccccc2)(c2ccccc2)c2ccccc2)nc1-c1ccccc1. The van der Waals surface area contributed by atoms with E-state index in [2.05, 4.69) is 114 Å². The number of benzene rings is 4. The van der Waals surface area contributed by atoms with Crippen molar-refractivity contribution in [3.63, 3.8) is 0 Å². The molecule has 4 aromatic carbocycles. The highest BCUT2D eigenvalue weighted by atomic mass is 15.3. The van der Waals surface area contributed by atoms with Gasteiger partial charge in [0.25, 0.3) is 0 Å². The molecule has 0 spiro atoms. The predicted molar refractivity (Wildman–Crippen MR) is 121 cm³/mol. The molecule has 0 saturated heterocycles. The average molecular weight is 385 g/mol. The van der Waals surface area contributed by atoms with Crippen molar-refractivity contribution in [3.05, 3.63) is 150 Å². The number of aromatic nitrogens is 2. The van der Waals surface area contributed by atoms with Crippen molar-refractivity contribution in [3.8, 4) is 11.3 Å². The Morgan fingerprint density at radius 2 is 0.933 bits per heavy atom. The Balaban J connectivity index is 1.82. The molecule has 0 aliphatic carbocycles. The minimum Gasteiger partial charge on any atom is -0.252 e. The van der Waals surface area contributed by atoms with E-state index in [1.165, 1.54) is 0 Å². The summed E-state index contributed by atoms with van der Waals surface area (Å²) in [5, 5.41) is 5.04. The van der Waals surface area contributed by atoms with Crippen LogP contribution in [0.25, 0.3) is 11.3 Å². The normalized spacial score (nSPS) is 11.3. The lowest BCUT2D eigenvalue weighted by Gasteiger charge is -2.36. The van der Waals surface area contributed by atoms with E-state index in [9.17, 15) is 0 Å². The van der Waals surface area contributed by atoms with E-state index in [0.717, 1.165) is 27.9 Å². The van der Waals surface area contributed by atoms with Crippen molar-refractivity contribution in [1.29, 1.82) is 0 Å². The Morgan fingerprint density at radius 1 is 0.533 bits per heavy atom. The van der Waals surface area contributed by atoms with E-state index in [-0.39, 0.29) is 0 Å². The first kappa shape index (κ1) is 18.1. The Kier molecular flexibility index (Phi) is 4.74. The summed E-state index contributed by atoms with van der Waals surface area (Å²) in [6, 6.07) is 45.3. The van der Waals surface area contributed by atoms with E-state index < -0.39 is 5.54 Å². The zero-order valence-electron chi connectivity index (χ0n) is 16.5. The summed E-state index contributed by atoms with van der Waals surface area (Å²) in [5.74, 6) is 0.